The lowest BCUT2D eigenvalue weighted by atomic mass is 10.0. The van der Waals surface area contributed by atoms with Crippen molar-refractivity contribution < 1.29 is 4.79 Å². The third-order valence-electron chi connectivity index (χ3n) is 5.78. The number of carbonyl (C=O) groups is 1. The summed E-state index contributed by atoms with van der Waals surface area (Å²) >= 11 is 0. The molecular formula is C30H40N2O. The molecule has 0 aliphatic carbocycles. The highest BCUT2D eigenvalue weighted by atomic mass is 16.2. The molecule has 0 saturated heterocycles. The van der Waals surface area contributed by atoms with Crippen molar-refractivity contribution in [2.24, 2.45) is 0 Å². The average molecular weight is 445 g/mol. The van der Waals surface area contributed by atoms with Crippen LogP contribution in [0.4, 0.5) is 0 Å². The number of hydrogen-bond acceptors (Lipinski definition) is 2. The van der Waals surface area contributed by atoms with Gasteiger partial charge < -0.3 is 10.2 Å². The SMILES string of the molecule is CCCc1cccc(CCC(=O)N(C)CCc2ccccc2C)c1.CNCc1ccccc1. The zero-order valence-electron chi connectivity index (χ0n) is 20.8. The van der Waals surface area contributed by atoms with Crippen LogP contribution in [0.15, 0.2) is 78.9 Å². The monoisotopic (exact) mass is 444 g/mol. The summed E-state index contributed by atoms with van der Waals surface area (Å²) in [6.07, 6.45) is 4.59. The number of likely N-dealkylation sites (N-methyl/N-ethyl adjacent to an activating group) is 1. The molecule has 0 aromatic heterocycles. The largest absolute Gasteiger partial charge is 0.345 e. The first-order valence-corrected chi connectivity index (χ1v) is 12.1. The van der Waals surface area contributed by atoms with Gasteiger partial charge in [0.2, 0.25) is 5.91 Å². The number of nitrogens with one attached hydrogen (secondary N) is 1. The van der Waals surface area contributed by atoms with E-state index in [1.165, 1.54) is 27.8 Å². The second kappa shape index (κ2) is 15.0. The number of hydrogen-bond donors (Lipinski definition) is 1. The molecule has 0 aliphatic heterocycles. The normalized spacial score (nSPS) is 10.3. The van der Waals surface area contributed by atoms with Gasteiger partial charge in [-0.15, -0.1) is 0 Å². The predicted octanol–water partition coefficient (Wildman–Crippen LogP) is 5.99. The van der Waals surface area contributed by atoms with Crippen LogP contribution in [0.25, 0.3) is 0 Å². The van der Waals surface area contributed by atoms with Gasteiger partial charge in [0, 0.05) is 26.6 Å². The Kier molecular flexibility index (Phi) is 12.0. The lowest BCUT2D eigenvalue weighted by Gasteiger charge is -2.18. The molecule has 3 nitrogen and oxygen atoms in total. The van der Waals surface area contributed by atoms with Crippen LogP contribution < -0.4 is 5.32 Å². The molecule has 0 bridgehead atoms. The first-order valence-electron chi connectivity index (χ1n) is 12.1. The Bertz CT molecular complexity index is 952. The zero-order chi connectivity index (χ0) is 23.9. The predicted molar refractivity (Wildman–Crippen MR) is 140 cm³/mol. The maximum Gasteiger partial charge on any atom is 0.222 e. The molecule has 1 amide bonds. The van der Waals surface area contributed by atoms with E-state index in [1.54, 1.807) is 0 Å². The molecule has 0 unspecified atom stereocenters. The van der Waals surface area contributed by atoms with E-state index in [1.807, 2.05) is 37.2 Å². The van der Waals surface area contributed by atoms with E-state index in [-0.39, 0.29) is 5.91 Å². The number of rotatable bonds is 10. The topological polar surface area (TPSA) is 32.3 Å². The molecular weight excluding hydrogens is 404 g/mol. The van der Waals surface area contributed by atoms with Gasteiger partial charge in [-0.3, -0.25) is 4.79 Å². The van der Waals surface area contributed by atoms with Crippen LogP contribution in [0.2, 0.25) is 0 Å². The Morgan fingerprint density at radius 1 is 0.818 bits per heavy atom. The molecule has 176 valence electrons. The minimum absolute atomic E-state index is 0.226. The molecule has 0 saturated carbocycles. The van der Waals surface area contributed by atoms with Crippen LogP contribution in [0.5, 0.6) is 0 Å². The van der Waals surface area contributed by atoms with Crippen LogP contribution in [0.1, 0.15) is 47.6 Å². The van der Waals surface area contributed by atoms with Crippen LogP contribution >= 0.6 is 0 Å². The number of aryl methyl sites for hydroxylation is 3. The fraction of sp³-hybridized carbons (Fsp3) is 0.367. The van der Waals surface area contributed by atoms with Crippen molar-refractivity contribution in [2.45, 2.75) is 52.5 Å². The van der Waals surface area contributed by atoms with Crippen LogP contribution in [-0.2, 0) is 30.6 Å². The number of benzene rings is 3. The second-order valence-corrected chi connectivity index (χ2v) is 8.58. The van der Waals surface area contributed by atoms with Gasteiger partial charge in [0.05, 0.1) is 0 Å². The lowest BCUT2D eigenvalue weighted by Crippen LogP contribution is -2.29. The highest BCUT2D eigenvalue weighted by molar-refractivity contribution is 5.76. The third kappa shape index (κ3) is 10.0. The summed E-state index contributed by atoms with van der Waals surface area (Å²) in [7, 11) is 3.86. The van der Waals surface area contributed by atoms with E-state index in [0.717, 1.165) is 38.8 Å². The average Bonchev–Trinajstić information content (AvgIpc) is 2.83. The lowest BCUT2D eigenvalue weighted by molar-refractivity contribution is -0.129. The molecule has 3 aromatic carbocycles. The summed E-state index contributed by atoms with van der Waals surface area (Å²) in [5.41, 5.74) is 6.59. The molecule has 0 atom stereocenters. The molecule has 3 rings (SSSR count). The Balaban J connectivity index is 0.000000357. The highest BCUT2D eigenvalue weighted by Crippen LogP contribution is 2.11. The summed E-state index contributed by atoms with van der Waals surface area (Å²) in [5.74, 6) is 0.226. The van der Waals surface area contributed by atoms with E-state index in [4.69, 9.17) is 0 Å². The Labute approximate surface area is 200 Å². The van der Waals surface area contributed by atoms with Crippen molar-refractivity contribution in [3.8, 4) is 0 Å². The first-order chi connectivity index (χ1) is 16.0. The van der Waals surface area contributed by atoms with Gasteiger partial charge >= 0.3 is 0 Å². The Morgan fingerprint density at radius 3 is 2.12 bits per heavy atom. The quantitative estimate of drug-likeness (QED) is 0.417. The van der Waals surface area contributed by atoms with Gasteiger partial charge in [-0.25, -0.2) is 0 Å². The van der Waals surface area contributed by atoms with Gasteiger partial charge in [0.25, 0.3) is 0 Å². The number of amides is 1. The van der Waals surface area contributed by atoms with Crippen molar-refractivity contribution in [3.63, 3.8) is 0 Å². The minimum Gasteiger partial charge on any atom is -0.345 e. The summed E-state index contributed by atoms with van der Waals surface area (Å²) in [6, 6.07) is 27.4. The van der Waals surface area contributed by atoms with Gasteiger partial charge in [0.1, 0.15) is 0 Å². The molecule has 0 fully saturated rings. The minimum atomic E-state index is 0.226. The molecule has 1 N–H and O–H groups in total. The van der Waals surface area contributed by atoms with Crippen molar-refractivity contribution in [1.82, 2.24) is 10.2 Å². The van der Waals surface area contributed by atoms with E-state index in [9.17, 15) is 4.79 Å². The van der Waals surface area contributed by atoms with Crippen molar-refractivity contribution in [1.29, 1.82) is 0 Å². The number of nitrogens with zero attached hydrogens (tertiary/aromatic N) is 1. The zero-order valence-corrected chi connectivity index (χ0v) is 20.8. The van der Waals surface area contributed by atoms with E-state index >= 15 is 0 Å². The van der Waals surface area contributed by atoms with Crippen molar-refractivity contribution >= 4 is 5.91 Å². The van der Waals surface area contributed by atoms with Crippen molar-refractivity contribution in [2.75, 3.05) is 20.6 Å². The maximum absolute atomic E-state index is 12.4. The van der Waals surface area contributed by atoms with Gasteiger partial charge in [-0.1, -0.05) is 92.2 Å². The maximum atomic E-state index is 12.4. The molecule has 0 spiro atoms. The van der Waals surface area contributed by atoms with Gasteiger partial charge in [0.15, 0.2) is 0 Å². The van der Waals surface area contributed by atoms with E-state index in [0.29, 0.717) is 6.42 Å². The highest BCUT2D eigenvalue weighted by Gasteiger charge is 2.09. The molecule has 3 aromatic rings. The molecule has 0 radical (unpaired) electrons. The molecule has 0 aliphatic rings. The Morgan fingerprint density at radius 2 is 1.45 bits per heavy atom. The van der Waals surface area contributed by atoms with Gasteiger partial charge in [-0.2, -0.15) is 0 Å². The van der Waals surface area contributed by atoms with Crippen LogP contribution in [-0.4, -0.2) is 31.4 Å². The smallest absolute Gasteiger partial charge is 0.222 e. The molecule has 33 heavy (non-hydrogen) atoms. The molecule has 0 heterocycles. The number of carbonyl (C=O) groups excluding carboxylic acids is 1. The fourth-order valence-electron chi connectivity index (χ4n) is 3.77. The Hall–Kier alpha value is -2.91. The fourth-order valence-corrected chi connectivity index (χ4v) is 3.77. The molecule has 3 heteroatoms. The second-order valence-electron chi connectivity index (χ2n) is 8.58. The van der Waals surface area contributed by atoms with Crippen LogP contribution in [0.3, 0.4) is 0 Å². The van der Waals surface area contributed by atoms with E-state index < -0.39 is 0 Å². The standard InChI is InChI=1S/C22H29NO.C8H11N/c1-4-8-19-10-7-11-20(17-19)13-14-22(24)23(3)16-15-21-12-6-5-9-18(21)2;1-9-7-8-5-3-2-4-6-8/h5-7,9-12,17H,4,8,13-16H2,1-3H3;2-6,9H,7H2,1H3. The summed E-state index contributed by atoms with van der Waals surface area (Å²) in [6.45, 7) is 6.06. The first kappa shape index (κ1) is 26.3. The van der Waals surface area contributed by atoms with E-state index in [2.05, 4.69) is 79.8 Å². The van der Waals surface area contributed by atoms with Crippen molar-refractivity contribution in [3.05, 3.63) is 107 Å². The third-order valence-corrected chi connectivity index (χ3v) is 5.78. The summed E-state index contributed by atoms with van der Waals surface area (Å²) in [5, 5.41) is 3.08. The van der Waals surface area contributed by atoms with Crippen LogP contribution in [0, 0.1) is 6.92 Å². The summed E-state index contributed by atoms with van der Waals surface area (Å²) < 4.78 is 0. The van der Waals surface area contributed by atoms with Gasteiger partial charge in [-0.05, 0) is 61.1 Å². The summed E-state index contributed by atoms with van der Waals surface area (Å²) in [4.78, 5) is 14.2.